The Bertz CT molecular complexity index is 358. The summed E-state index contributed by atoms with van der Waals surface area (Å²) in [6, 6.07) is 0. The Morgan fingerprint density at radius 2 is 1.15 bits per heavy atom. The van der Waals surface area contributed by atoms with E-state index in [1.165, 1.54) is 89.9 Å². The van der Waals surface area contributed by atoms with Gasteiger partial charge >= 0.3 is 0 Å². The third kappa shape index (κ3) is 5.96. The van der Waals surface area contributed by atoms with Gasteiger partial charge in [0, 0.05) is 11.8 Å². The van der Waals surface area contributed by atoms with Gasteiger partial charge in [-0.05, 0) is 56.3 Å². The van der Waals surface area contributed by atoms with E-state index in [1.54, 1.807) is 0 Å². The van der Waals surface area contributed by atoms with Gasteiger partial charge in [0.2, 0.25) is 0 Å². The first-order valence-corrected chi connectivity index (χ1v) is 12.0. The lowest BCUT2D eigenvalue weighted by Gasteiger charge is -2.41. The van der Waals surface area contributed by atoms with Crippen LogP contribution in [-0.4, -0.2) is 19.5 Å². The first kappa shape index (κ1) is 20.6. The summed E-state index contributed by atoms with van der Waals surface area (Å²) in [4.78, 5) is 0. The Hall–Kier alpha value is -0.0800. The van der Waals surface area contributed by atoms with Crippen LogP contribution in [0, 0.1) is 29.6 Å². The zero-order chi connectivity index (χ0) is 18.2. The van der Waals surface area contributed by atoms with Crippen molar-refractivity contribution >= 4 is 0 Å². The Morgan fingerprint density at radius 3 is 1.73 bits per heavy atom. The van der Waals surface area contributed by atoms with E-state index in [9.17, 15) is 0 Å². The van der Waals surface area contributed by atoms with Crippen molar-refractivity contribution in [3.63, 3.8) is 0 Å². The van der Waals surface area contributed by atoms with Gasteiger partial charge in [-0.1, -0.05) is 65.2 Å². The number of unbranched alkanes of at least 4 members (excludes halogenated alkanes) is 2. The quantitative estimate of drug-likeness (QED) is 0.433. The van der Waals surface area contributed by atoms with Gasteiger partial charge in [-0.25, -0.2) is 0 Å². The van der Waals surface area contributed by atoms with Gasteiger partial charge in [-0.2, -0.15) is 0 Å². The van der Waals surface area contributed by atoms with Gasteiger partial charge in [0.15, 0.2) is 6.29 Å². The lowest BCUT2D eigenvalue weighted by atomic mass is 9.74. The smallest absolute Gasteiger partial charge is 0.160 e. The van der Waals surface area contributed by atoms with Crippen molar-refractivity contribution in [3.05, 3.63) is 0 Å². The molecule has 1 heterocycles. The molecule has 3 rings (SSSR count). The summed E-state index contributed by atoms with van der Waals surface area (Å²) in [5, 5.41) is 0. The number of rotatable bonds is 8. The van der Waals surface area contributed by atoms with Crippen molar-refractivity contribution < 1.29 is 9.47 Å². The molecule has 0 N–H and O–H groups in total. The highest BCUT2D eigenvalue weighted by molar-refractivity contribution is 4.81. The van der Waals surface area contributed by atoms with Crippen LogP contribution in [0.2, 0.25) is 0 Å². The van der Waals surface area contributed by atoms with Crippen LogP contribution in [-0.2, 0) is 9.47 Å². The molecule has 0 bridgehead atoms. The second-order valence-corrected chi connectivity index (χ2v) is 9.64. The van der Waals surface area contributed by atoms with E-state index in [0.29, 0.717) is 11.8 Å². The first-order chi connectivity index (χ1) is 12.8. The van der Waals surface area contributed by atoms with Crippen molar-refractivity contribution in [2.45, 2.75) is 110 Å². The molecule has 152 valence electrons. The van der Waals surface area contributed by atoms with Crippen LogP contribution in [0.25, 0.3) is 0 Å². The summed E-state index contributed by atoms with van der Waals surface area (Å²) < 4.78 is 12.5. The van der Waals surface area contributed by atoms with E-state index < -0.39 is 0 Å². The Balaban J connectivity index is 1.32. The minimum absolute atomic E-state index is 0.110. The van der Waals surface area contributed by atoms with E-state index >= 15 is 0 Å². The molecule has 2 saturated carbocycles. The second-order valence-electron chi connectivity index (χ2n) is 9.64. The fourth-order valence-electron chi connectivity index (χ4n) is 5.87. The molecule has 2 aliphatic carbocycles. The zero-order valence-electron chi connectivity index (χ0n) is 17.6. The molecular formula is C24H44O2. The maximum atomic E-state index is 6.26. The van der Waals surface area contributed by atoms with Gasteiger partial charge in [0.05, 0.1) is 13.2 Å². The topological polar surface area (TPSA) is 18.5 Å². The minimum Gasteiger partial charge on any atom is -0.352 e. The van der Waals surface area contributed by atoms with Gasteiger partial charge in [-0.3, -0.25) is 0 Å². The lowest BCUT2D eigenvalue weighted by Crippen LogP contribution is -2.41. The van der Waals surface area contributed by atoms with E-state index in [2.05, 4.69) is 13.8 Å². The summed E-state index contributed by atoms with van der Waals surface area (Å²) in [6.45, 7) is 6.55. The van der Waals surface area contributed by atoms with Gasteiger partial charge in [0.1, 0.15) is 0 Å². The maximum absolute atomic E-state index is 6.26. The molecule has 0 spiro atoms. The third-order valence-corrected chi connectivity index (χ3v) is 7.70. The molecular weight excluding hydrogens is 320 g/mol. The maximum Gasteiger partial charge on any atom is 0.160 e. The molecule has 0 amide bonds. The Labute approximate surface area is 162 Å². The third-order valence-electron chi connectivity index (χ3n) is 7.70. The monoisotopic (exact) mass is 364 g/mol. The molecule has 3 aliphatic rings. The van der Waals surface area contributed by atoms with Crippen LogP contribution in [0.5, 0.6) is 0 Å². The summed E-state index contributed by atoms with van der Waals surface area (Å²) in [5.41, 5.74) is 0. The average Bonchev–Trinajstić information content (AvgIpc) is 2.70. The predicted molar refractivity (Wildman–Crippen MR) is 109 cm³/mol. The Kier molecular flexibility index (Phi) is 8.78. The highest BCUT2D eigenvalue weighted by Gasteiger charge is 2.35. The molecule has 0 atom stereocenters. The summed E-state index contributed by atoms with van der Waals surface area (Å²) in [5.74, 6) is 4.17. The number of ether oxygens (including phenoxy) is 2. The van der Waals surface area contributed by atoms with Gasteiger partial charge < -0.3 is 9.47 Å². The molecule has 26 heavy (non-hydrogen) atoms. The van der Waals surface area contributed by atoms with E-state index in [-0.39, 0.29) is 6.29 Å². The summed E-state index contributed by atoms with van der Waals surface area (Å²) in [6.07, 6.45) is 19.7. The van der Waals surface area contributed by atoms with Crippen LogP contribution < -0.4 is 0 Å². The van der Waals surface area contributed by atoms with Crippen molar-refractivity contribution in [3.8, 4) is 0 Å². The largest absolute Gasteiger partial charge is 0.352 e. The van der Waals surface area contributed by atoms with Crippen molar-refractivity contribution in [2.75, 3.05) is 13.2 Å². The predicted octanol–water partition coefficient (Wildman–Crippen LogP) is 6.97. The van der Waals surface area contributed by atoms with E-state index in [0.717, 1.165) is 31.0 Å². The van der Waals surface area contributed by atoms with Crippen LogP contribution in [0.3, 0.4) is 0 Å². The molecule has 0 radical (unpaired) electrons. The molecule has 1 saturated heterocycles. The van der Waals surface area contributed by atoms with E-state index in [1.807, 2.05) is 0 Å². The summed E-state index contributed by atoms with van der Waals surface area (Å²) in [7, 11) is 0. The fourth-order valence-corrected chi connectivity index (χ4v) is 5.87. The average molecular weight is 365 g/mol. The molecule has 0 unspecified atom stereocenters. The summed E-state index contributed by atoms with van der Waals surface area (Å²) >= 11 is 0. The number of hydrogen-bond acceptors (Lipinski definition) is 2. The molecule has 2 heteroatoms. The van der Waals surface area contributed by atoms with E-state index in [4.69, 9.17) is 9.47 Å². The van der Waals surface area contributed by atoms with Gasteiger partial charge in [0.25, 0.3) is 0 Å². The Morgan fingerprint density at radius 1 is 0.577 bits per heavy atom. The highest BCUT2D eigenvalue weighted by atomic mass is 16.7. The zero-order valence-corrected chi connectivity index (χ0v) is 17.6. The van der Waals surface area contributed by atoms with Crippen molar-refractivity contribution in [1.29, 1.82) is 0 Å². The fraction of sp³-hybridized carbons (Fsp3) is 1.00. The van der Waals surface area contributed by atoms with Crippen LogP contribution in [0.1, 0.15) is 104 Å². The van der Waals surface area contributed by atoms with Gasteiger partial charge in [-0.15, -0.1) is 0 Å². The molecule has 3 fully saturated rings. The SMILES string of the molecule is CCCCCC1CCC(C2COC(C3CCC(CCC)CC3)OC2)CC1. The van der Waals surface area contributed by atoms with Crippen LogP contribution >= 0.6 is 0 Å². The van der Waals surface area contributed by atoms with Crippen LogP contribution in [0.4, 0.5) is 0 Å². The second kappa shape index (κ2) is 11.1. The molecule has 0 aromatic rings. The van der Waals surface area contributed by atoms with Crippen LogP contribution in [0.15, 0.2) is 0 Å². The molecule has 2 nitrogen and oxygen atoms in total. The first-order valence-electron chi connectivity index (χ1n) is 12.0. The highest BCUT2D eigenvalue weighted by Crippen LogP contribution is 2.40. The molecule has 1 aliphatic heterocycles. The molecule has 0 aromatic carbocycles. The standard InChI is InChI=1S/C24H44O2/c1-3-5-6-8-20-9-13-21(14-10-20)23-17-25-24(26-18-23)22-15-11-19(7-4-2)12-16-22/h19-24H,3-18H2,1-2H3. The number of hydrogen-bond donors (Lipinski definition) is 0. The molecule has 0 aromatic heterocycles. The lowest BCUT2D eigenvalue weighted by molar-refractivity contribution is -0.237. The normalized spacial score (nSPS) is 39.0. The minimum atomic E-state index is 0.110. The van der Waals surface area contributed by atoms with Crippen molar-refractivity contribution in [1.82, 2.24) is 0 Å². The van der Waals surface area contributed by atoms with Crippen molar-refractivity contribution in [2.24, 2.45) is 29.6 Å².